The quantitative estimate of drug-likeness (QED) is 0.742. The van der Waals surface area contributed by atoms with Crippen molar-refractivity contribution in [3.63, 3.8) is 0 Å². The molecule has 0 radical (unpaired) electrons. The molecule has 5 rings (SSSR count). The van der Waals surface area contributed by atoms with Gasteiger partial charge in [0.25, 0.3) is 5.91 Å². The number of nitriles is 1. The molecule has 0 atom stereocenters. The van der Waals surface area contributed by atoms with Crippen molar-refractivity contribution in [3.05, 3.63) is 53.7 Å². The average molecular weight is 376 g/mol. The number of rotatable bonds is 2. The SMILES string of the molecule is N#Cc1ccc(C(=O)N2CCN(c3ncnc4[nH]ccc34)CC23CC3)cc1F. The van der Waals surface area contributed by atoms with Crippen LogP contribution in [0.4, 0.5) is 10.2 Å². The van der Waals surface area contributed by atoms with Crippen LogP contribution >= 0.6 is 0 Å². The van der Waals surface area contributed by atoms with Gasteiger partial charge in [0.1, 0.15) is 29.7 Å². The van der Waals surface area contributed by atoms with E-state index in [0.29, 0.717) is 19.6 Å². The second kappa shape index (κ2) is 6.02. The van der Waals surface area contributed by atoms with Gasteiger partial charge in [-0.2, -0.15) is 5.26 Å². The number of amides is 1. The van der Waals surface area contributed by atoms with Crippen LogP contribution in [0.5, 0.6) is 0 Å². The largest absolute Gasteiger partial charge is 0.352 e. The molecule has 28 heavy (non-hydrogen) atoms. The number of hydrogen-bond acceptors (Lipinski definition) is 5. The molecule has 2 aromatic heterocycles. The molecule has 3 heterocycles. The minimum Gasteiger partial charge on any atom is -0.352 e. The van der Waals surface area contributed by atoms with E-state index in [-0.39, 0.29) is 22.6 Å². The summed E-state index contributed by atoms with van der Waals surface area (Å²) in [6.45, 7) is 1.87. The van der Waals surface area contributed by atoms with Crippen LogP contribution in [-0.2, 0) is 0 Å². The minimum atomic E-state index is -0.660. The molecule has 7 nitrogen and oxygen atoms in total. The van der Waals surface area contributed by atoms with E-state index in [1.54, 1.807) is 12.4 Å². The number of aromatic nitrogens is 3. The molecule has 1 saturated heterocycles. The van der Waals surface area contributed by atoms with Crippen molar-refractivity contribution in [3.8, 4) is 6.07 Å². The van der Waals surface area contributed by atoms with Crippen molar-refractivity contribution < 1.29 is 9.18 Å². The third kappa shape index (κ3) is 2.51. The summed E-state index contributed by atoms with van der Waals surface area (Å²) >= 11 is 0. The van der Waals surface area contributed by atoms with Gasteiger partial charge in [-0.3, -0.25) is 4.79 Å². The maximum Gasteiger partial charge on any atom is 0.254 e. The first-order valence-electron chi connectivity index (χ1n) is 9.16. The van der Waals surface area contributed by atoms with Crippen molar-refractivity contribution >= 4 is 22.8 Å². The van der Waals surface area contributed by atoms with Crippen LogP contribution in [-0.4, -0.2) is 50.9 Å². The predicted molar refractivity (Wildman–Crippen MR) is 100 cm³/mol. The van der Waals surface area contributed by atoms with Gasteiger partial charge in [0.15, 0.2) is 0 Å². The number of aromatic amines is 1. The van der Waals surface area contributed by atoms with Gasteiger partial charge in [-0.25, -0.2) is 14.4 Å². The Morgan fingerprint density at radius 2 is 2.11 bits per heavy atom. The van der Waals surface area contributed by atoms with Gasteiger partial charge < -0.3 is 14.8 Å². The fourth-order valence-electron chi connectivity index (χ4n) is 4.05. The minimum absolute atomic E-state index is 0.0539. The molecule has 3 aromatic rings. The van der Waals surface area contributed by atoms with Crippen LogP contribution < -0.4 is 4.90 Å². The van der Waals surface area contributed by atoms with Gasteiger partial charge in [0, 0.05) is 31.4 Å². The number of halogens is 1. The van der Waals surface area contributed by atoms with Gasteiger partial charge in [0.2, 0.25) is 0 Å². The van der Waals surface area contributed by atoms with Gasteiger partial charge >= 0.3 is 0 Å². The molecule has 1 amide bonds. The Kier molecular flexibility index (Phi) is 3.59. The zero-order valence-electron chi connectivity index (χ0n) is 15.0. The van der Waals surface area contributed by atoms with Crippen molar-refractivity contribution in [2.75, 3.05) is 24.5 Å². The van der Waals surface area contributed by atoms with Crippen LogP contribution in [0.2, 0.25) is 0 Å². The number of H-pyrrole nitrogens is 1. The van der Waals surface area contributed by atoms with Crippen LogP contribution in [0.15, 0.2) is 36.8 Å². The number of carbonyl (C=O) groups excluding carboxylic acids is 1. The molecule has 1 aliphatic carbocycles. The first-order chi connectivity index (χ1) is 13.6. The van der Waals surface area contributed by atoms with E-state index in [1.807, 2.05) is 17.2 Å². The summed E-state index contributed by atoms with van der Waals surface area (Å²) in [6.07, 6.45) is 5.21. The summed E-state index contributed by atoms with van der Waals surface area (Å²) in [6, 6.07) is 7.80. The molecule has 0 unspecified atom stereocenters. The maximum atomic E-state index is 14.0. The number of anilines is 1. The molecule has 1 N–H and O–H groups in total. The Hall–Kier alpha value is -3.47. The van der Waals surface area contributed by atoms with E-state index in [2.05, 4.69) is 19.9 Å². The van der Waals surface area contributed by atoms with E-state index >= 15 is 0 Å². The summed E-state index contributed by atoms with van der Waals surface area (Å²) in [5.41, 5.74) is 0.780. The Labute approximate surface area is 160 Å². The van der Waals surface area contributed by atoms with E-state index in [9.17, 15) is 9.18 Å². The molecule has 1 spiro atoms. The topological polar surface area (TPSA) is 88.9 Å². The molecule has 2 aliphatic rings. The maximum absolute atomic E-state index is 14.0. The summed E-state index contributed by atoms with van der Waals surface area (Å²) in [4.78, 5) is 28.9. The van der Waals surface area contributed by atoms with E-state index < -0.39 is 5.82 Å². The molecule has 1 aliphatic heterocycles. The van der Waals surface area contributed by atoms with Crippen molar-refractivity contribution in [2.45, 2.75) is 18.4 Å². The smallest absolute Gasteiger partial charge is 0.254 e. The molecule has 140 valence electrons. The highest BCUT2D eigenvalue weighted by Crippen LogP contribution is 2.46. The molecule has 1 saturated carbocycles. The number of carbonyl (C=O) groups is 1. The first-order valence-corrected chi connectivity index (χ1v) is 9.16. The second-order valence-corrected chi connectivity index (χ2v) is 7.35. The molecule has 8 heteroatoms. The monoisotopic (exact) mass is 376 g/mol. The normalized spacial score (nSPS) is 17.7. The third-order valence-electron chi connectivity index (χ3n) is 5.69. The summed E-state index contributed by atoms with van der Waals surface area (Å²) in [5.74, 6) is 0.0247. The van der Waals surface area contributed by atoms with E-state index in [1.165, 1.54) is 12.1 Å². The number of nitrogens with zero attached hydrogens (tertiary/aromatic N) is 5. The lowest BCUT2D eigenvalue weighted by Crippen LogP contribution is -2.57. The summed E-state index contributed by atoms with van der Waals surface area (Å²) in [5, 5.41) is 9.85. The number of hydrogen-bond donors (Lipinski definition) is 1. The van der Waals surface area contributed by atoms with Crippen molar-refractivity contribution in [1.82, 2.24) is 19.9 Å². The van der Waals surface area contributed by atoms with Gasteiger partial charge in [-0.15, -0.1) is 0 Å². The highest BCUT2D eigenvalue weighted by atomic mass is 19.1. The zero-order chi connectivity index (χ0) is 19.3. The standard InChI is InChI=1S/C20H17FN6O/c21-16-9-13(1-2-14(16)10-22)19(28)27-8-7-26(11-20(27)4-5-20)18-15-3-6-23-17(15)24-12-25-18/h1-3,6,9,12H,4-5,7-8,11H2,(H,23,24,25). The number of piperazine rings is 1. The Morgan fingerprint density at radius 3 is 2.86 bits per heavy atom. The van der Waals surface area contributed by atoms with Crippen LogP contribution in [0.25, 0.3) is 11.0 Å². The zero-order valence-corrected chi connectivity index (χ0v) is 15.0. The number of benzene rings is 1. The van der Waals surface area contributed by atoms with Crippen LogP contribution in [0.1, 0.15) is 28.8 Å². The lowest BCUT2D eigenvalue weighted by atomic mass is 10.1. The molecule has 1 aromatic carbocycles. The third-order valence-corrected chi connectivity index (χ3v) is 5.69. The van der Waals surface area contributed by atoms with E-state index in [4.69, 9.17) is 5.26 Å². The van der Waals surface area contributed by atoms with E-state index in [0.717, 1.165) is 35.8 Å². The fraction of sp³-hybridized carbons (Fsp3) is 0.300. The average Bonchev–Trinajstić information content (AvgIpc) is 3.29. The summed E-state index contributed by atoms with van der Waals surface area (Å²) < 4.78 is 14.0. The van der Waals surface area contributed by atoms with Gasteiger partial charge in [0.05, 0.1) is 16.5 Å². The van der Waals surface area contributed by atoms with Gasteiger partial charge in [-0.1, -0.05) is 0 Å². The summed E-state index contributed by atoms with van der Waals surface area (Å²) in [7, 11) is 0. The lowest BCUT2D eigenvalue weighted by Gasteiger charge is -2.42. The van der Waals surface area contributed by atoms with Crippen molar-refractivity contribution in [2.24, 2.45) is 0 Å². The second-order valence-electron chi connectivity index (χ2n) is 7.35. The first kappa shape index (κ1) is 16.7. The predicted octanol–water partition coefficient (Wildman–Crippen LogP) is 2.46. The highest BCUT2D eigenvalue weighted by molar-refractivity contribution is 5.95. The highest BCUT2D eigenvalue weighted by Gasteiger charge is 2.53. The Morgan fingerprint density at radius 1 is 1.25 bits per heavy atom. The van der Waals surface area contributed by atoms with Crippen LogP contribution in [0.3, 0.4) is 0 Å². The van der Waals surface area contributed by atoms with Gasteiger partial charge in [-0.05, 0) is 37.1 Å². The molecule has 0 bridgehead atoms. The molecular formula is C20H17FN6O. The molecule has 2 fully saturated rings. The van der Waals surface area contributed by atoms with Crippen LogP contribution in [0, 0.1) is 17.1 Å². The number of fused-ring (bicyclic) bond motifs is 1. The molecular weight excluding hydrogens is 359 g/mol. The van der Waals surface area contributed by atoms with Crippen molar-refractivity contribution in [1.29, 1.82) is 5.26 Å². The Bertz CT molecular complexity index is 1130. The number of nitrogens with one attached hydrogen (secondary N) is 1. The Balaban J connectivity index is 1.41. The fourth-order valence-corrected chi connectivity index (χ4v) is 4.05. The lowest BCUT2D eigenvalue weighted by molar-refractivity contribution is 0.0623.